The average molecular weight is 555 g/mol. The molecule has 0 spiro atoms. The monoisotopic (exact) mass is 554 g/mol. The Morgan fingerprint density at radius 2 is 2.06 bits per heavy atom. The molecule has 1 saturated carbocycles. The molecule has 180 valence electrons. The lowest BCUT2D eigenvalue weighted by atomic mass is 9.90. The lowest BCUT2D eigenvalue weighted by molar-refractivity contribution is 0.0925. The van der Waals surface area contributed by atoms with Crippen LogP contribution in [-0.2, 0) is 0 Å². The van der Waals surface area contributed by atoms with Crippen molar-refractivity contribution in [1.29, 1.82) is 0 Å². The molecule has 7 nitrogen and oxygen atoms in total. The molecular weight excluding hydrogens is 531 g/mol. The first-order chi connectivity index (χ1) is 17.1. The third-order valence-electron chi connectivity index (χ3n) is 6.86. The zero-order valence-electron chi connectivity index (χ0n) is 19.0. The summed E-state index contributed by atoms with van der Waals surface area (Å²) in [6.45, 7) is 1.98. The number of hydrogen-bond acceptors (Lipinski definition) is 6. The lowest BCUT2D eigenvalue weighted by Gasteiger charge is -2.33. The van der Waals surface area contributed by atoms with E-state index in [2.05, 4.69) is 46.7 Å². The van der Waals surface area contributed by atoms with Gasteiger partial charge in [0.05, 0.1) is 20.4 Å². The lowest BCUT2D eigenvalue weighted by Crippen LogP contribution is -2.39. The van der Waals surface area contributed by atoms with Gasteiger partial charge in [0.15, 0.2) is 11.6 Å². The van der Waals surface area contributed by atoms with Crippen LogP contribution in [0.3, 0.4) is 0 Å². The minimum absolute atomic E-state index is 0.0256. The summed E-state index contributed by atoms with van der Waals surface area (Å²) in [4.78, 5) is 29.5. The largest absolute Gasteiger partial charge is 0.356 e. The fourth-order valence-corrected chi connectivity index (χ4v) is 6.30. The second-order valence-electron chi connectivity index (χ2n) is 9.11. The summed E-state index contributed by atoms with van der Waals surface area (Å²) < 4.78 is 17.9. The molecule has 4 aromatic rings. The molecule has 2 fully saturated rings. The van der Waals surface area contributed by atoms with Crippen molar-refractivity contribution in [2.45, 2.75) is 44.2 Å². The first-order valence-corrected chi connectivity index (χ1v) is 13.5. The molecule has 2 atom stereocenters. The van der Waals surface area contributed by atoms with Gasteiger partial charge in [-0.15, -0.1) is 11.3 Å². The van der Waals surface area contributed by atoms with Gasteiger partial charge >= 0.3 is 0 Å². The quantitative estimate of drug-likeness (QED) is 0.348. The van der Waals surface area contributed by atoms with E-state index in [4.69, 9.17) is 4.98 Å². The van der Waals surface area contributed by atoms with E-state index in [0.29, 0.717) is 10.7 Å². The van der Waals surface area contributed by atoms with E-state index in [1.807, 2.05) is 12.1 Å². The number of imidazole rings is 1. The van der Waals surface area contributed by atoms with Gasteiger partial charge in [0.1, 0.15) is 17.0 Å². The Bertz CT molecular complexity index is 1400. The standard InChI is InChI=1S/C25H24BrFN6OS/c26-21-8-7-20(35-21)25(34)30-15-4-1-5-16(12-15)33-19-13-22(32-10-3-11-32)29-14-18(19)31-24(33)23-17(27)6-2-9-28-23/h2,6-9,13-16H,1,3-5,10-12H2,(H,30,34). The number of anilines is 1. The Morgan fingerprint density at radius 1 is 1.17 bits per heavy atom. The topological polar surface area (TPSA) is 75.9 Å². The molecule has 4 aromatic heterocycles. The number of amides is 1. The second kappa shape index (κ2) is 9.31. The summed E-state index contributed by atoms with van der Waals surface area (Å²) in [6, 6.07) is 8.87. The predicted molar refractivity (Wildman–Crippen MR) is 138 cm³/mol. The third kappa shape index (κ3) is 4.33. The van der Waals surface area contributed by atoms with Crippen molar-refractivity contribution in [3.63, 3.8) is 0 Å². The van der Waals surface area contributed by atoms with Crippen LogP contribution in [0.5, 0.6) is 0 Å². The molecule has 1 saturated heterocycles. The smallest absolute Gasteiger partial charge is 0.261 e. The number of hydrogen-bond donors (Lipinski definition) is 1. The Hall–Kier alpha value is -2.85. The zero-order chi connectivity index (χ0) is 23.9. The highest BCUT2D eigenvalue weighted by atomic mass is 79.9. The van der Waals surface area contributed by atoms with Gasteiger partial charge in [0.2, 0.25) is 0 Å². The van der Waals surface area contributed by atoms with Crippen LogP contribution in [0.2, 0.25) is 0 Å². The molecule has 2 unspecified atom stereocenters. The highest BCUT2D eigenvalue weighted by Gasteiger charge is 2.30. The van der Waals surface area contributed by atoms with E-state index < -0.39 is 5.82 Å². The number of nitrogens with one attached hydrogen (secondary N) is 1. The number of pyridine rings is 2. The summed E-state index contributed by atoms with van der Waals surface area (Å²) in [5, 5.41) is 3.21. The molecule has 0 bridgehead atoms. The Labute approximate surface area is 214 Å². The molecular formula is C25H24BrFN6OS. The minimum atomic E-state index is -0.399. The fourth-order valence-electron chi connectivity index (χ4n) is 5.02. The molecule has 1 amide bonds. The van der Waals surface area contributed by atoms with Crippen LogP contribution in [0.1, 0.15) is 47.8 Å². The van der Waals surface area contributed by atoms with Crippen LogP contribution in [-0.4, -0.2) is 44.6 Å². The van der Waals surface area contributed by atoms with E-state index in [0.717, 1.165) is 65.8 Å². The van der Waals surface area contributed by atoms with Gasteiger partial charge in [-0.05, 0) is 72.3 Å². The summed E-state index contributed by atoms with van der Waals surface area (Å²) in [7, 11) is 0. The first-order valence-electron chi connectivity index (χ1n) is 11.9. The number of aromatic nitrogens is 4. The number of halogens is 2. The van der Waals surface area contributed by atoms with Crippen molar-refractivity contribution in [3.8, 4) is 11.5 Å². The second-order valence-corrected chi connectivity index (χ2v) is 11.6. The Balaban J connectivity index is 1.37. The van der Waals surface area contributed by atoms with Gasteiger partial charge in [-0.1, -0.05) is 0 Å². The molecule has 1 aliphatic heterocycles. The van der Waals surface area contributed by atoms with Crippen molar-refractivity contribution >= 4 is 50.0 Å². The van der Waals surface area contributed by atoms with Gasteiger partial charge in [-0.25, -0.2) is 19.3 Å². The van der Waals surface area contributed by atoms with Gasteiger partial charge in [-0.2, -0.15) is 0 Å². The summed E-state index contributed by atoms with van der Waals surface area (Å²) in [5.41, 5.74) is 1.90. The number of thiophene rings is 1. The van der Waals surface area contributed by atoms with Crippen molar-refractivity contribution in [3.05, 3.63) is 57.2 Å². The Kier molecular flexibility index (Phi) is 6.01. The van der Waals surface area contributed by atoms with Crippen LogP contribution >= 0.6 is 27.3 Å². The minimum Gasteiger partial charge on any atom is -0.356 e. The summed E-state index contributed by atoms with van der Waals surface area (Å²) in [5.74, 6) is 0.979. The number of carbonyl (C=O) groups is 1. The normalized spacial score (nSPS) is 20.1. The molecule has 1 N–H and O–H groups in total. The van der Waals surface area contributed by atoms with E-state index in [-0.39, 0.29) is 23.7 Å². The first kappa shape index (κ1) is 22.6. The maximum atomic E-state index is 14.9. The molecule has 6 rings (SSSR count). The zero-order valence-corrected chi connectivity index (χ0v) is 21.4. The van der Waals surface area contributed by atoms with Crippen LogP contribution in [0, 0.1) is 5.82 Å². The highest BCUT2D eigenvalue weighted by Crippen LogP contribution is 2.37. The number of fused-ring (bicyclic) bond motifs is 1. The molecule has 1 aliphatic carbocycles. The van der Waals surface area contributed by atoms with E-state index in [1.54, 1.807) is 18.5 Å². The average Bonchev–Trinajstić information content (AvgIpc) is 3.42. The van der Waals surface area contributed by atoms with Crippen molar-refractivity contribution in [2.24, 2.45) is 0 Å². The van der Waals surface area contributed by atoms with Gasteiger partial charge in [0, 0.05) is 37.4 Å². The maximum Gasteiger partial charge on any atom is 0.261 e. The van der Waals surface area contributed by atoms with Crippen molar-refractivity contribution in [1.82, 2.24) is 24.8 Å². The van der Waals surface area contributed by atoms with Crippen LogP contribution in [0.25, 0.3) is 22.6 Å². The molecule has 5 heterocycles. The van der Waals surface area contributed by atoms with Crippen LogP contribution < -0.4 is 10.2 Å². The van der Waals surface area contributed by atoms with Gasteiger partial charge in [-0.3, -0.25) is 4.79 Å². The van der Waals surface area contributed by atoms with E-state index >= 15 is 0 Å². The number of rotatable bonds is 5. The SMILES string of the molecule is O=C(NC1CCCC(n2c(-c3ncccc3F)nc3cnc(N4CCC4)cc32)C1)c1ccc(Br)s1. The summed E-state index contributed by atoms with van der Waals surface area (Å²) >= 11 is 4.85. The molecule has 0 aromatic carbocycles. The molecule has 2 aliphatic rings. The molecule has 35 heavy (non-hydrogen) atoms. The third-order valence-corrected chi connectivity index (χ3v) is 8.48. The van der Waals surface area contributed by atoms with Crippen LogP contribution in [0.15, 0.2) is 46.5 Å². The predicted octanol–water partition coefficient (Wildman–Crippen LogP) is 5.58. The summed E-state index contributed by atoms with van der Waals surface area (Å²) in [6.07, 6.45) is 8.06. The fraction of sp³-hybridized carbons (Fsp3) is 0.360. The number of carbonyl (C=O) groups excluding carboxylic acids is 1. The van der Waals surface area contributed by atoms with E-state index in [9.17, 15) is 9.18 Å². The van der Waals surface area contributed by atoms with Crippen LogP contribution in [0.4, 0.5) is 10.2 Å². The van der Waals surface area contributed by atoms with E-state index in [1.165, 1.54) is 17.4 Å². The Morgan fingerprint density at radius 3 is 2.80 bits per heavy atom. The highest BCUT2D eigenvalue weighted by molar-refractivity contribution is 9.11. The molecule has 0 radical (unpaired) electrons. The van der Waals surface area contributed by atoms with Gasteiger partial charge in [0.25, 0.3) is 5.91 Å². The van der Waals surface area contributed by atoms with Crippen molar-refractivity contribution in [2.75, 3.05) is 18.0 Å². The molecule has 10 heteroatoms. The maximum absolute atomic E-state index is 14.9. The number of nitrogens with zero attached hydrogens (tertiary/aromatic N) is 5. The van der Waals surface area contributed by atoms with Crippen molar-refractivity contribution < 1.29 is 9.18 Å². The van der Waals surface area contributed by atoms with Gasteiger partial charge < -0.3 is 14.8 Å².